The van der Waals surface area contributed by atoms with Crippen molar-refractivity contribution in [3.63, 3.8) is 0 Å². The fourth-order valence-corrected chi connectivity index (χ4v) is 3.00. The van der Waals surface area contributed by atoms with Crippen molar-refractivity contribution in [3.05, 3.63) is 57.6 Å². The number of sulfone groups is 1. The Morgan fingerprint density at radius 1 is 1.24 bits per heavy atom. The quantitative estimate of drug-likeness (QED) is 0.538. The van der Waals surface area contributed by atoms with Crippen LogP contribution in [0.5, 0.6) is 5.75 Å². The van der Waals surface area contributed by atoms with Crippen LogP contribution in [0.1, 0.15) is 0 Å². The van der Waals surface area contributed by atoms with Crippen LogP contribution in [0.3, 0.4) is 0 Å². The molecule has 0 aliphatic rings. The Hall–Kier alpha value is -2.32. The molecule has 0 saturated carbocycles. The van der Waals surface area contributed by atoms with E-state index in [9.17, 15) is 18.5 Å². The topological polar surface area (TPSA) is 89.8 Å². The summed E-state index contributed by atoms with van der Waals surface area (Å²) in [4.78, 5) is 12.2. The van der Waals surface area contributed by atoms with Gasteiger partial charge in [-0.05, 0) is 30.3 Å². The number of halogens is 1. The van der Waals surface area contributed by atoms with Crippen LogP contribution in [-0.2, 0) is 9.84 Å². The summed E-state index contributed by atoms with van der Waals surface area (Å²) in [5.41, 5.74) is 0.0419. The SMILES string of the molecule is CN(CCOc1cccc(Cl)c1)c1ccc(S(C)(=O)=O)cc1[N+](=O)[O-]. The highest BCUT2D eigenvalue weighted by Crippen LogP contribution is 2.30. The molecular formula is C16H17ClN2O5S. The molecule has 2 rings (SSSR count). The molecule has 0 bridgehead atoms. The Morgan fingerprint density at radius 3 is 2.56 bits per heavy atom. The first kappa shape index (κ1) is 19.0. The second kappa shape index (κ2) is 7.71. The number of anilines is 1. The molecule has 0 fully saturated rings. The molecule has 134 valence electrons. The van der Waals surface area contributed by atoms with E-state index in [2.05, 4.69) is 0 Å². The summed E-state index contributed by atoms with van der Waals surface area (Å²) in [5.74, 6) is 0.600. The van der Waals surface area contributed by atoms with Crippen LogP contribution in [0.15, 0.2) is 47.4 Å². The molecule has 2 aromatic carbocycles. The molecule has 0 amide bonds. The van der Waals surface area contributed by atoms with Gasteiger partial charge in [-0.25, -0.2) is 8.42 Å². The largest absolute Gasteiger partial charge is 0.492 e. The summed E-state index contributed by atoms with van der Waals surface area (Å²) in [6, 6.07) is 10.8. The van der Waals surface area contributed by atoms with Crippen molar-refractivity contribution < 1.29 is 18.1 Å². The summed E-state index contributed by atoms with van der Waals surface area (Å²) >= 11 is 5.87. The Balaban J connectivity index is 2.13. The van der Waals surface area contributed by atoms with Gasteiger partial charge < -0.3 is 9.64 Å². The third-order valence-electron chi connectivity index (χ3n) is 3.47. The zero-order valence-corrected chi connectivity index (χ0v) is 15.2. The van der Waals surface area contributed by atoms with Crippen LogP contribution in [0.4, 0.5) is 11.4 Å². The number of nitro benzene ring substituents is 1. The lowest BCUT2D eigenvalue weighted by atomic mass is 10.2. The van der Waals surface area contributed by atoms with E-state index in [0.29, 0.717) is 23.0 Å². The summed E-state index contributed by atoms with van der Waals surface area (Å²) in [7, 11) is -1.85. The molecule has 2 aromatic rings. The second-order valence-electron chi connectivity index (χ2n) is 5.41. The number of ether oxygens (including phenoxy) is 1. The van der Waals surface area contributed by atoms with Gasteiger partial charge in [0.05, 0.1) is 16.4 Å². The number of rotatable bonds is 7. The lowest BCUT2D eigenvalue weighted by Crippen LogP contribution is -2.24. The Morgan fingerprint density at radius 2 is 1.96 bits per heavy atom. The average molecular weight is 385 g/mol. The molecule has 0 aliphatic heterocycles. The van der Waals surface area contributed by atoms with Crippen molar-refractivity contribution in [2.24, 2.45) is 0 Å². The van der Waals surface area contributed by atoms with Crippen molar-refractivity contribution in [1.82, 2.24) is 0 Å². The molecule has 0 saturated heterocycles. The minimum atomic E-state index is -3.52. The first-order valence-corrected chi connectivity index (χ1v) is 9.53. The standard InChI is InChI=1S/C16H17ClN2O5S/c1-18(8-9-24-13-5-3-4-12(17)10-13)15-7-6-14(25(2,22)23)11-16(15)19(20)21/h3-7,10-11H,8-9H2,1-2H3. The molecule has 0 atom stereocenters. The van der Waals surface area contributed by atoms with Crippen LogP contribution < -0.4 is 9.64 Å². The Bertz CT molecular complexity index is 886. The third kappa shape index (κ3) is 5.07. The van der Waals surface area contributed by atoms with Crippen LogP contribution >= 0.6 is 11.6 Å². The smallest absolute Gasteiger partial charge is 0.293 e. The van der Waals surface area contributed by atoms with Gasteiger partial charge in [-0.2, -0.15) is 0 Å². The van der Waals surface area contributed by atoms with Crippen molar-refractivity contribution in [2.75, 3.05) is 31.4 Å². The lowest BCUT2D eigenvalue weighted by molar-refractivity contribution is -0.384. The van der Waals surface area contributed by atoms with Crippen molar-refractivity contribution in [1.29, 1.82) is 0 Å². The molecule has 0 heterocycles. The van der Waals surface area contributed by atoms with Gasteiger partial charge >= 0.3 is 0 Å². The number of nitro groups is 1. The zero-order valence-electron chi connectivity index (χ0n) is 13.7. The lowest BCUT2D eigenvalue weighted by Gasteiger charge is -2.19. The first-order valence-electron chi connectivity index (χ1n) is 7.26. The Labute approximate surface area is 150 Å². The van der Waals surface area contributed by atoms with Gasteiger partial charge in [0.1, 0.15) is 18.0 Å². The van der Waals surface area contributed by atoms with Gasteiger partial charge in [0.25, 0.3) is 5.69 Å². The van der Waals surface area contributed by atoms with Gasteiger partial charge in [-0.1, -0.05) is 17.7 Å². The van der Waals surface area contributed by atoms with Gasteiger partial charge in [0, 0.05) is 24.4 Å². The first-order chi connectivity index (χ1) is 11.7. The summed E-state index contributed by atoms with van der Waals surface area (Å²) in [5, 5.41) is 11.8. The van der Waals surface area contributed by atoms with E-state index in [-0.39, 0.29) is 17.2 Å². The number of hydrogen-bond acceptors (Lipinski definition) is 6. The average Bonchev–Trinajstić information content (AvgIpc) is 2.53. The monoisotopic (exact) mass is 384 g/mol. The van der Waals surface area contributed by atoms with E-state index < -0.39 is 14.8 Å². The number of nitrogens with zero attached hydrogens (tertiary/aromatic N) is 2. The Kier molecular flexibility index (Phi) is 5.86. The van der Waals surface area contributed by atoms with Crippen molar-refractivity contribution in [2.45, 2.75) is 4.90 Å². The molecule has 0 aliphatic carbocycles. The second-order valence-corrected chi connectivity index (χ2v) is 7.86. The normalized spacial score (nSPS) is 11.2. The van der Waals surface area contributed by atoms with E-state index in [1.807, 2.05) is 0 Å². The number of hydrogen-bond donors (Lipinski definition) is 0. The number of benzene rings is 2. The summed E-state index contributed by atoms with van der Waals surface area (Å²) < 4.78 is 28.7. The van der Waals surface area contributed by atoms with Crippen LogP contribution in [0.2, 0.25) is 5.02 Å². The van der Waals surface area contributed by atoms with E-state index in [4.69, 9.17) is 16.3 Å². The predicted octanol–water partition coefficient (Wildman–Crippen LogP) is 3.17. The van der Waals surface area contributed by atoms with E-state index in [1.54, 1.807) is 36.2 Å². The molecule has 7 nitrogen and oxygen atoms in total. The van der Waals surface area contributed by atoms with Gasteiger partial charge in [-0.3, -0.25) is 10.1 Å². The van der Waals surface area contributed by atoms with Gasteiger partial charge in [-0.15, -0.1) is 0 Å². The van der Waals surface area contributed by atoms with E-state index >= 15 is 0 Å². The van der Waals surface area contributed by atoms with Gasteiger partial charge in [0.2, 0.25) is 0 Å². The van der Waals surface area contributed by atoms with E-state index in [1.165, 1.54) is 12.1 Å². The molecule has 9 heteroatoms. The summed E-state index contributed by atoms with van der Waals surface area (Å²) in [6.07, 6.45) is 1.01. The number of likely N-dealkylation sites (N-methyl/N-ethyl adjacent to an activating group) is 1. The minimum absolute atomic E-state index is 0.0912. The van der Waals surface area contributed by atoms with E-state index in [0.717, 1.165) is 12.3 Å². The molecule has 0 N–H and O–H groups in total. The molecular weight excluding hydrogens is 368 g/mol. The highest BCUT2D eigenvalue weighted by Gasteiger charge is 2.21. The van der Waals surface area contributed by atoms with Gasteiger partial charge in [0.15, 0.2) is 9.84 Å². The fraction of sp³-hybridized carbons (Fsp3) is 0.250. The van der Waals surface area contributed by atoms with Crippen LogP contribution in [0.25, 0.3) is 0 Å². The molecule has 0 radical (unpaired) electrons. The highest BCUT2D eigenvalue weighted by atomic mass is 35.5. The van der Waals surface area contributed by atoms with Crippen molar-refractivity contribution in [3.8, 4) is 5.75 Å². The van der Waals surface area contributed by atoms with Crippen molar-refractivity contribution >= 4 is 32.8 Å². The molecule has 0 spiro atoms. The maximum absolute atomic E-state index is 11.6. The molecule has 25 heavy (non-hydrogen) atoms. The maximum Gasteiger partial charge on any atom is 0.293 e. The summed E-state index contributed by atoms with van der Waals surface area (Å²) in [6.45, 7) is 0.646. The van der Waals surface area contributed by atoms with Crippen LogP contribution in [0, 0.1) is 10.1 Å². The molecule has 0 unspecified atom stereocenters. The zero-order chi connectivity index (χ0) is 18.6. The van der Waals surface area contributed by atoms with Crippen LogP contribution in [-0.4, -0.2) is 39.8 Å². The highest BCUT2D eigenvalue weighted by molar-refractivity contribution is 7.90. The maximum atomic E-state index is 11.6. The third-order valence-corrected chi connectivity index (χ3v) is 4.82. The minimum Gasteiger partial charge on any atom is -0.492 e. The fourth-order valence-electron chi connectivity index (χ4n) is 2.18. The molecule has 0 aromatic heterocycles. The predicted molar refractivity (Wildman–Crippen MR) is 96.4 cm³/mol.